The van der Waals surface area contributed by atoms with Crippen LogP contribution < -0.4 is 9.47 Å². The smallest absolute Gasteiger partial charge is 0.247 e. The van der Waals surface area contributed by atoms with Gasteiger partial charge in [0.25, 0.3) is 0 Å². The molecule has 2 aromatic heterocycles. The summed E-state index contributed by atoms with van der Waals surface area (Å²) >= 11 is 0. The normalized spacial score (nSPS) is 10.9. The van der Waals surface area contributed by atoms with E-state index in [1.54, 1.807) is 26.4 Å². The van der Waals surface area contributed by atoms with Crippen LogP contribution in [0.15, 0.2) is 45.3 Å². The Hall–Kier alpha value is -3.68. The highest BCUT2D eigenvalue weighted by atomic mass is 16.5. The first-order valence-corrected chi connectivity index (χ1v) is 9.02. The monoisotopic (exact) mass is 392 g/mol. The SMILES string of the molecule is COc1ccc(-c2nnc(Cc3nc(-c4ccc(C)c(C)c4)no3)o2)cc1OC. The molecule has 2 heterocycles. The van der Waals surface area contributed by atoms with Gasteiger partial charge in [0.2, 0.25) is 23.5 Å². The van der Waals surface area contributed by atoms with Crippen molar-refractivity contribution in [2.24, 2.45) is 0 Å². The third kappa shape index (κ3) is 3.82. The van der Waals surface area contributed by atoms with Crippen LogP contribution in [0.2, 0.25) is 0 Å². The second kappa shape index (κ2) is 7.75. The predicted molar refractivity (Wildman–Crippen MR) is 105 cm³/mol. The molecule has 0 aliphatic heterocycles. The van der Waals surface area contributed by atoms with E-state index in [2.05, 4.69) is 27.3 Å². The molecule has 2 aromatic carbocycles. The van der Waals surface area contributed by atoms with Crippen LogP contribution in [-0.2, 0) is 6.42 Å². The van der Waals surface area contributed by atoms with Crippen molar-refractivity contribution in [1.29, 1.82) is 0 Å². The van der Waals surface area contributed by atoms with Gasteiger partial charge in [0.15, 0.2) is 11.5 Å². The number of aryl methyl sites for hydroxylation is 2. The van der Waals surface area contributed by atoms with E-state index in [1.807, 2.05) is 31.2 Å². The molecule has 8 heteroatoms. The Morgan fingerprint density at radius 2 is 1.62 bits per heavy atom. The summed E-state index contributed by atoms with van der Waals surface area (Å²) in [6.45, 7) is 4.11. The van der Waals surface area contributed by atoms with Gasteiger partial charge in [-0.25, -0.2) is 0 Å². The fraction of sp³-hybridized carbons (Fsp3) is 0.238. The van der Waals surface area contributed by atoms with Gasteiger partial charge in [0.1, 0.15) is 6.42 Å². The van der Waals surface area contributed by atoms with Gasteiger partial charge >= 0.3 is 0 Å². The Labute approximate surface area is 167 Å². The molecule has 0 aliphatic rings. The van der Waals surface area contributed by atoms with E-state index in [0.29, 0.717) is 35.0 Å². The van der Waals surface area contributed by atoms with E-state index >= 15 is 0 Å². The zero-order valence-electron chi connectivity index (χ0n) is 16.6. The summed E-state index contributed by atoms with van der Waals surface area (Å²) in [5.41, 5.74) is 4.01. The van der Waals surface area contributed by atoms with E-state index in [9.17, 15) is 0 Å². The highest BCUT2D eigenvalue weighted by molar-refractivity contribution is 5.59. The van der Waals surface area contributed by atoms with Gasteiger partial charge in [-0.3, -0.25) is 0 Å². The van der Waals surface area contributed by atoms with Gasteiger partial charge in [-0.05, 0) is 49.2 Å². The molecule has 0 N–H and O–H groups in total. The predicted octanol–water partition coefficient (Wildman–Crippen LogP) is 4.01. The van der Waals surface area contributed by atoms with Crippen LogP contribution in [0.1, 0.15) is 22.9 Å². The van der Waals surface area contributed by atoms with Crippen molar-refractivity contribution in [3.8, 4) is 34.3 Å². The molecule has 29 heavy (non-hydrogen) atoms. The molecule has 0 radical (unpaired) electrons. The summed E-state index contributed by atoms with van der Waals surface area (Å²) in [6.07, 6.45) is 0.248. The third-order valence-corrected chi connectivity index (χ3v) is 4.63. The number of aromatic nitrogens is 4. The largest absolute Gasteiger partial charge is 0.493 e. The highest BCUT2D eigenvalue weighted by Gasteiger charge is 2.16. The minimum absolute atomic E-state index is 0.248. The average molecular weight is 392 g/mol. The molecule has 4 rings (SSSR count). The van der Waals surface area contributed by atoms with Crippen molar-refractivity contribution in [2.75, 3.05) is 14.2 Å². The molecule has 148 valence electrons. The second-order valence-corrected chi connectivity index (χ2v) is 6.56. The number of methoxy groups -OCH3 is 2. The zero-order chi connectivity index (χ0) is 20.4. The van der Waals surface area contributed by atoms with Crippen LogP contribution >= 0.6 is 0 Å². The summed E-state index contributed by atoms with van der Waals surface area (Å²) in [7, 11) is 3.16. The van der Waals surface area contributed by atoms with Crippen molar-refractivity contribution < 1.29 is 18.4 Å². The molecule has 8 nitrogen and oxygen atoms in total. The molecule has 0 bridgehead atoms. The third-order valence-electron chi connectivity index (χ3n) is 4.63. The van der Waals surface area contributed by atoms with E-state index in [4.69, 9.17) is 18.4 Å². The number of ether oxygens (including phenoxy) is 2. The van der Waals surface area contributed by atoms with Crippen LogP contribution in [-0.4, -0.2) is 34.6 Å². The van der Waals surface area contributed by atoms with Gasteiger partial charge < -0.3 is 18.4 Å². The fourth-order valence-electron chi connectivity index (χ4n) is 2.86. The molecular weight excluding hydrogens is 372 g/mol. The number of hydrogen-bond donors (Lipinski definition) is 0. The first-order chi connectivity index (χ1) is 14.1. The molecule has 0 saturated carbocycles. The maximum absolute atomic E-state index is 5.75. The van der Waals surface area contributed by atoms with Crippen LogP contribution in [0.4, 0.5) is 0 Å². The Kier molecular flexibility index (Phi) is 4.99. The Bertz CT molecular complexity index is 1150. The average Bonchev–Trinajstić information content (AvgIpc) is 3.39. The summed E-state index contributed by atoms with van der Waals surface area (Å²) in [5.74, 6) is 2.89. The lowest BCUT2D eigenvalue weighted by atomic mass is 10.1. The molecular formula is C21H20N4O4. The van der Waals surface area contributed by atoms with Crippen molar-refractivity contribution in [2.45, 2.75) is 20.3 Å². The minimum Gasteiger partial charge on any atom is -0.493 e. The maximum atomic E-state index is 5.75. The van der Waals surface area contributed by atoms with Crippen LogP contribution in [0, 0.1) is 13.8 Å². The lowest BCUT2D eigenvalue weighted by Crippen LogP contribution is -1.90. The first-order valence-electron chi connectivity index (χ1n) is 9.02. The van der Waals surface area contributed by atoms with Gasteiger partial charge in [-0.2, -0.15) is 4.98 Å². The maximum Gasteiger partial charge on any atom is 0.247 e. The first kappa shape index (κ1) is 18.7. The summed E-state index contributed by atoms with van der Waals surface area (Å²) < 4.78 is 21.7. The van der Waals surface area contributed by atoms with Crippen molar-refractivity contribution in [3.05, 3.63) is 59.3 Å². The Balaban J connectivity index is 1.53. The van der Waals surface area contributed by atoms with E-state index in [1.165, 1.54) is 11.1 Å². The Morgan fingerprint density at radius 3 is 2.38 bits per heavy atom. The number of nitrogens with zero attached hydrogens (tertiary/aromatic N) is 4. The fourth-order valence-corrected chi connectivity index (χ4v) is 2.86. The topological polar surface area (TPSA) is 96.3 Å². The van der Waals surface area contributed by atoms with E-state index < -0.39 is 0 Å². The van der Waals surface area contributed by atoms with Crippen molar-refractivity contribution in [1.82, 2.24) is 20.3 Å². The Morgan fingerprint density at radius 1 is 0.828 bits per heavy atom. The molecule has 0 fully saturated rings. The van der Waals surface area contributed by atoms with Crippen LogP contribution in [0.5, 0.6) is 11.5 Å². The molecule has 0 aliphatic carbocycles. The van der Waals surface area contributed by atoms with Crippen molar-refractivity contribution in [3.63, 3.8) is 0 Å². The summed E-state index contributed by atoms with van der Waals surface area (Å²) in [5, 5.41) is 12.2. The molecule has 0 spiro atoms. The van der Waals surface area contributed by atoms with Gasteiger partial charge in [-0.15, -0.1) is 10.2 Å². The molecule has 4 aromatic rings. The van der Waals surface area contributed by atoms with E-state index in [0.717, 1.165) is 11.1 Å². The minimum atomic E-state index is 0.248. The number of rotatable bonds is 6. The van der Waals surface area contributed by atoms with Crippen LogP contribution in [0.3, 0.4) is 0 Å². The quantitative estimate of drug-likeness (QED) is 0.486. The van der Waals surface area contributed by atoms with Gasteiger partial charge in [-0.1, -0.05) is 17.3 Å². The van der Waals surface area contributed by atoms with Crippen molar-refractivity contribution >= 4 is 0 Å². The lowest BCUT2D eigenvalue weighted by Gasteiger charge is -2.07. The molecule has 0 amide bonds. The standard InChI is InChI=1S/C21H20N4O4/c1-12-5-6-14(9-13(12)2)20-22-18(29-25-20)11-19-23-24-21(28-19)15-7-8-16(26-3)17(10-15)27-4/h5-10H,11H2,1-4H3. The second-order valence-electron chi connectivity index (χ2n) is 6.56. The highest BCUT2D eigenvalue weighted by Crippen LogP contribution is 2.32. The zero-order valence-corrected chi connectivity index (χ0v) is 16.6. The summed E-state index contributed by atoms with van der Waals surface area (Å²) in [4.78, 5) is 4.44. The van der Waals surface area contributed by atoms with Crippen LogP contribution in [0.25, 0.3) is 22.8 Å². The van der Waals surface area contributed by atoms with Gasteiger partial charge in [0, 0.05) is 11.1 Å². The molecule has 0 unspecified atom stereocenters. The molecule has 0 saturated heterocycles. The summed E-state index contributed by atoms with van der Waals surface area (Å²) in [6, 6.07) is 11.4. The van der Waals surface area contributed by atoms with E-state index in [-0.39, 0.29) is 6.42 Å². The van der Waals surface area contributed by atoms with Gasteiger partial charge in [0.05, 0.1) is 14.2 Å². The molecule has 0 atom stereocenters. The number of hydrogen-bond acceptors (Lipinski definition) is 8. The lowest BCUT2D eigenvalue weighted by molar-refractivity contribution is 0.355. The number of benzene rings is 2.